The van der Waals surface area contributed by atoms with E-state index in [4.69, 9.17) is 9.47 Å². The van der Waals surface area contributed by atoms with Crippen molar-refractivity contribution in [1.29, 1.82) is 0 Å². The van der Waals surface area contributed by atoms with E-state index in [2.05, 4.69) is 26.3 Å². The minimum absolute atomic E-state index is 0.00400. The highest BCUT2D eigenvalue weighted by molar-refractivity contribution is 9.10. The van der Waals surface area contributed by atoms with Crippen LogP contribution in [0.5, 0.6) is 5.75 Å². The first-order chi connectivity index (χ1) is 11.5. The van der Waals surface area contributed by atoms with Crippen LogP contribution < -0.4 is 10.1 Å². The molecule has 1 atom stereocenters. The Kier molecular flexibility index (Phi) is 3.85. The first-order valence-corrected chi connectivity index (χ1v) is 8.74. The number of amides is 1. The topological polar surface area (TPSA) is 65.4 Å². The minimum Gasteiger partial charge on any atom is -0.467 e. The molecule has 4 rings (SSSR count). The number of fused-ring (bicyclic) bond motifs is 2. The summed E-state index contributed by atoms with van der Waals surface area (Å²) in [6, 6.07) is 4.21. The summed E-state index contributed by atoms with van der Waals surface area (Å²) in [5.74, 6) is 1.53. The number of aromatic nitrogens is 2. The maximum Gasteiger partial charge on any atom is 0.226 e. The molecule has 0 aliphatic carbocycles. The fourth-order valence-corrected chi connectivity index (χ4v) is 3.90. The Morgan fingerprint density at radius 1 is 1.38 bits per heavy atom. The summed E-state index contributed by atoms with van der Waals surface area (Å²) in [7, 11) is 0. The number of carbonyl (C=O) groups excluding carboxylic acids is 1. The van der Waals surface area contributed by atoms with Crippen molar-refractivity contribution in [2.24, 2.45) is 0 Å². The lowest BCUT2D eigenvalue weighted by Gasteiger charge is -2.28. The smallest absolute Gasteiger partial charge is 0.226 e. The number of benzene rings is 1. The van der Waals surface area contributed by atoms with Gasteiger partial charge in [0.1, 0.15) is 11.6 Å². The van der Waals surface area contributed by atoms with Crippen LogP contribution >= 0.6 is 15.9 Å². The Hall–Kier alpha value is -1.86. The quantitative estimate of drug-likeness (QED) is 0.849. The third kappa shape index (κ3) is 2.52. The molecule has 0 bridgehead atoms. The van der Waals surface area contributed by atoms with Gasteiger partial charge in [-0.3, -0.25) is 4.79 Å². The van der Waals surface area contributed by atoms with Gasteiger partial charge in [-0.05, 0) is 26.0 Å². The van der Waals surface area contributed by atoms with Crippen LogP contribution in [0.25, 0.3) is 0 Å². The van der Waals surface area contributed by atoms with Crippen molar-refractivity contribution in [3.05, 3.63) is 39.5 Å². The molecule has 1 amide bonds. The molecule has 0 radical (unpaired) electrons. The Morgan fingerprint density at radius 3 is 3.00 bits per heavy atom. The van der Waals surface area contributed by atoms with Crippen LogP contribution in [-0.2, 0) is 16.1 Å². The highest BCUT2D eigenvalue weighted by atomic mass is 79.9. The fraction of sp³-hybridized carbons (Fsp3) is 0.412. The number of rotatable bonds is 2. The SMILES string of the molecule is CC(C)n1ncc2c1NC(=O)CC2c1cc(Br)cc2c1OCOC2. The van der Waals surface area contributed by atoms with Crippen LogP contribution in [0, 0.1) is 0 Å². The average Bonchev–Trinajstić information content (AvgIpc) is 2.97. The maximum atomic E-state index is 12.3. The monoisotopic (exact) mass is 391 g/mol. The molecular formula is C17H18BrN3O3. The summed E-state index contributed by atoms with van der Waals surface area (Å²) in [6.07, 6.45) is 2.23. The number of ether oxygens (including phenoxy) is 2. The number of hydrogen-bond acceptors (Lipinski definition) is 4. The van der Waals surface area contributed by atoms with Gasteiger partial charge in [-0.2, -0.15) is 5.10 Å². The van der Waals surface area contributed by atoms with Crippen LogP contribution in [0.15, 0.2) is 22.8 Å². The molecule has 24 heavy (non-hydrogen) atoms. The van der Waals surface area contributed by atoms with Gasteiger partial charge in [0.25, 0.3) is 0 Å². The second-order valence-corrected chi connectivity index (χ2v) is 7.30. The van der Waals surface area contributed by atoms with E-state index in [0.29, 0.717) is 13.0 Å². The van der Waals surface area contributed by atoms with E-state index in [0.717, 1.165) is 32.7 Å². The van der Waals surface area contributed by atoms with Gasteiger partial charge < -0.3 is 14.8 Å². The van der Waals surface area contributed by atoms with Crippen LogP contribution in [0.2, 0.25) is 0 Å². The van der Waals surface area contributed by atoms with Crippen molar-refractivity contribution in [3.63, 3.8) is 0 Å². The summed E-state index contributed by atoms with van der Waals surface area (Å²) >= 11 is 3.56. The summed E-state index contributed by atoms with van der Waals surface area (Å²) in [6.45, 7) is 4.84. The molecule has 1 aromatic heterocycles. The van der Waals surface area contributed by atoms with E-state index in [-0.39, 0.29) is 24.7 Å². The van der Waals surface area contributed by atoms with Crippen molar-refractivity contribution >= 4 is 27.7 Å². The summed E-state index contributed by atoms with van der Waals surface area (Å²) < 4.78 is 14.0. The van der Waals surface area contributed by atoms with Crippen LogP contribution in [0.4, 0.5) is 5.82 Å². The number of carbonyl (C=O) groups is 1. The standard InChI is InChI=1S/C17H18BrN3O3/c1-9(2)21-17-14(6-19-21)12(5-15(22)20-17)13-4-11(18)3-10-7-23-8-24-16(10)13/h3-4,6,9,12H,5,7-8H2,1-2H3,(H,20,22). The van der Waals surface area contributed by atoms with Crippen molar-refractivity contribution in [1.82, 2.24) is 9.78 Å². The zero-order valence-corrected chi connectivity index (χ0v) is 15.1. The average molecular weight is 392 g/mol. The van der Waals surface area contributed by atoms with Gasteiger partial charge in [0.2, 0.25) is 5.91 Å². The Bertz CT molecular complexity index is 816. The minimum atomic E-state index is -0.0781. The van der Waals surface area contributed by atoms with Crippen LogP contribution in [-0.4, -0.2) is 22.5 Å². The molecule has 1 N–H and O–H groups in total. The summed E-state index contributed by atoms with van der Waals surface area (Å²) in [5.41, 5.74) is 3.02. The van der Waals surface area contributed by atoms with Gasteiger partial charge in [0.15, 0.2) is 6.79 Å². The van der Waals surface area contributed by atoms with Crippen molar-refractivity contribution in [3.8, 4) is 5.75 Å². The third-order valence-corrected chi connectivity index (χ3v) is 4.87. The van der Waals surface area contributed by atoms with Gasteiger partial charge in [0, 0.05) is 39.5 Å². The maximum absolute atomic E-state index is 12.3. The number of nitrogens with one attached hydrogen (secondary N) is 1. The van der Waals surface area contributed by atoms with E-state index in [1.165, 1.54) is 0 Å². The first-order valence-electron chi connectivity index (χ1n) is 7.94. The molecule has 2 aromatic rings. The number of hydrogen-bond donors (Lipinski definition) is 1. The Morgan fingerprint density at radius 2 is 2.21 bits per heavy atom. The molecule has 1 aromatic carbocycles. The van der Waals surface area contributed by atoms with Gasteiger partial charge >= 0.3 is 0 Å². The largest absolute Gasteiger partial charge is 0.467 e. The van der Waals surface area contributed by atoms with Crippen molar-refractivity contribution < 1.29 is 14.3 Å². The second-order valence-electron chi connectivity index (χ2n) is 6.39. The van der Waals surface area contributed by atoms with Gasteiger partial charge in [0.05, 0.1) is 12.8 Å². The van der Waals surface area contributed by atoms with Crippen LogP contribution in [0.1, 0.15) is 48.9 Å². The number of nitrogens with zero attached hydrogens (tertiary/aromatic N) is 2. The molecule has 0 spiro atoms. The van der Waals surface area contributed by atoms with E-state index in [1.54, 1.807) is 0 Å². The van der Waals surface area contributed by atoms with E-state index in [9.17, 15) is 4.79 Å². The molecule has 1 unspecified atom stereocenters. The molecule has 2 aliphatic rings. The summed E-state index contributed by atoms with van der Waals surface area (Å²) in [5, 5.41) is 7.44. The fourth-order valence-electron chi connectivity index (χ4n) is 3.37. The number of anilines is 1. The van der Waals surface area contributed by atoms with Gasteiger partial charge in [-0.1, -0.05) is 15.9 Å². The summed E-state index contributed by atoms with van der Waals surface area (Å²) in [4.78, 5) is 12.3. The number of halogens is 1. The molecule has 3 heterocycles. The predicted molar refractivity (Wildman–Crippen MR) is 92.1 cm³/mol. The molecule has 2 aliphatic heterocycles. The molecule has 0 fully saturated rings. The lowest BCUT2D eigenvalue weighted by atomic mass is 9.85. The zero-order valence-electron chi connectivity index (χ0n) is 13.5. The molecule has 7 heteroatoms. The predicted octanol–water partition coefficient (Wildman–Crippen LogP) is 3.57. The second kappa shape index (κ2) is 5.89. The lowest BCUT2D eigenvalue weighted by Crippen LogP contribution is -2.26. The van der Waals surface area contributed by atoms with E-state index in [1.807, 2.05) is 36.9 Å². The van der Waals surface area contributed by atoms with Crippen molar-refractivity contribution in [2.45, 2.75) is 38.8 Å². The molecule has 126 valence electrons. The van der Waals surface area contributed by atoms with E-state index >= 15 is 0 Å². The molecular weight excluding hydrogens is 374 g/mol. The highest BCUT2D eigenvalue weighted by Gasteiger charge is 2.33. The van der Waals surface area contributed by atoms with Crippen molar-refractivity contribution in [2.75, 3.05) is 12.1 Å². The van der Waals surface area contributed by atoms with Crippen LogP contribution in [0.3, 0.4) is 0 Å². The molecule has 0 saturated carbocycles. The first kappa shape index (κ1) is 15.7. The molecule has 0 saturated heterocycles. The Balaban J connectivity index is 1.87. The molecule has 6 nitrogen and oxygen atoms in total. The third-order valence-electron chi connectivity index (χ3n) is 4.41. The highest BCUT2D eigenvalue weighted by Crippen LogP contribution is 2.44. The van der Waals surface area contributed by atoms with E-state index < -0.39 is 0 Å². The van der Waals surface area contributed by atoms with Gasteiger partial charge in [-0.15, -0.1) is 0 Å². The zero-order chi connectivity index (χ0) is 16.8. The Labute approximate surface area is 148 Å². The normalized spacial score (nSPS) is 19.5. The lowest BCUT2D eigenvalue weighted by molar-refractivity contribution is -0.116. The van der Waals surface area contributed by atoms with Gasteiger partial charge in [-0.25, -0.2) is 4.68 Å².